The van der Waals surface area contributed by atoms with Gasteiger partial charge in [-0.25, -0.2) is 0 Å². The van der Waals surface area contributed by atoms with Gasteiger partial charge in [0, 0.05) is 13.1 Å². The van der Waals surface area contributed by atoms with Crippen LogP contribution in [0.2, 0.25) is 0 Å². The predicted molar refractivity (Wildman–Crippen MR) is 80.6 cm³/mol. The van der Waals surface area contributed by atoms with Gasteiger partial charge >= 0.3 is 0 Å². The van der Waals surface area contributed by atoms with Crippen LogP contribution in [0.25, 0.3) is 0 Å². The number of hydrogen-bond acceptors (Lipinski definition) is 3. The number of carbonyl (C=O) groups is 1. The van der Waals surface area contributed by atoms with Gasteiger partial charge in [-0.15, -0.1) is 0 Å². The van der Waals surface area contributed by atoms with Crippen molar-refractivity contribution in [3.05, 3.63) is 59.5 Å². The highest BCUT2D eigenvalue weighted by Crippen LogP contribution is 2.18. The van der Waals surface area contributed by atoms with Crippen LogP contribution in [0.3, 0.4) is 0 Å². The maximum atomic E-state index is 12.7. The Hall–Kier alpha value is -2.07. The molecule has 0 unspecified atom stereocenters. The normalized spacial score (nSPS) is 17.3. The van der Waals surface area contributed by atoms with E-state index in [1.165, 1.54) is 11.1 Å². The SMILES string of the molecule is CCN(Cc1ccco1)C(=O)[C@H]1Cc2ccccc2CN1. The maximum absolute atomic E-state index is 12.7. The Labute approximate surface area is 124 Å². The second-order valence-electron chi connectivity index (χ2n) is 5.34. The third-order valence-corrected chi connectivity index (χ3v) is 4.00. The van der Waals surface area contributed by atoms with Gasteiger partial charge < -0.3 is 14.6 Å². The molecular weight excluding hydrogens is 264 g/mol. The fourth-order valence-corrected chi connectivity index (χ4v) is 2.79. The molecule has 0 saturated heterocycles. The zero-order valence-electron chi connectivity index (χ0n) is 12.2. The molecule has 0 aliphatic carbocycles. The van der Waals surface area contributed by atoms with E-state index in [1.54, 1.807) is 6.26 Å². The molecule has 0 fully saturated rings. The molecule has 4 heteroatoms. The van der Waals surface area contributed by atoms with Crippen LogP contribution in [0.1, 0.15) is 23.8 Å². The zero-order chi connectivity index (χ0) is 14.7. The molecule has 2 heterocycles. The van der Waals surface area contributed by atoms with Crippen molar-refractivity contribution in [1.29, 1.82) is 0 Å². The Morgan fingerprint density at radius 2 is 2.10 bits per heavy atom. The van der Waals surface area contributed by atoms with Crippen molar-refractivity contribution in [2.45, 2.75) is 32.5 Å². The van der Waals surface area contributed by atoms with Crippen molar-refractivity contribution in [2.24, 2.45) is 0 Å². The largest absolute Gasteiger partial charge is 0.467 e. The van der Waals surface area contributed by atoms with Gasteiger partial charge in [0.15, 0.2) is 0 Å². The Bertz CT molecular complexity index is 607. The summed E-state index contributed by atoms with van der Waals surface area (Å²) in [5.74, 6) is 0.963. The van der Waals surface area contributed by atoms with Gasteiger partial charge in [-0.05, 0) is 36.6 Å². The number of fused-ring (bicyclic) bond motifs is 1. The van der Waals surface area contributed by atoms with Crippen molar-refractivity contribution in [3.63, 3.8) is 0 Å². The van der Waals surface area contributed by atoms with E-state index in [4.69, 9.17) is 4.42 Å². The molecule has 1 N–H and O–H groups in total. The minimum atomic E-state index is -0.144. The first-order valence-corrected chi connectivity index (χ1v) is 7.39. The highest BCUT2D eigenvalue weighted by atomic mass is 16.3. The third-order valence-electron chi connectivity index (χ3n) is 4.00. The van der Waals surface area contributed by atoms with E-state index in [0.717, 1.165) is 18.7 Å². The standard InChI is InChI=1S/C17H20N2O2/c1-2-19(12-15-8-5-9-21-15)17(20)16-10-13-6-3-4-7-14(13)11-18-16/h3-9,16,18H,2,10-12H2,1H3/t16-/m1/s1. The molecule has 0 bridgehead atoms. The molecule has 1 aromatic heterocycles. The molecule has 1 aromatic carbocycles. The van der Waals surface area contributed by atoms with Crippen LogP contribution in [0.4, 0.5) is 0 Å². The number of rotatable bonds is 4. The summed E-state index contributed by atoms with van der Waals surface area (Å²) in [5, 5.41) is 3.35. The molecule has 1 amide bonds. The number of nitrogens with zero attached hydrogens (tertiary/aromatic N) is 1. The van der Waals surface area contributed by atoms with E-state index >= 15 is 0 Å². The molecule has 1 atom stereocenters. The number of amides is 1. The lowest BCUT2D eigenvalue weighted by Gasteiger charge is -2.30. The Morgan fingerprint density at radius 1 is 1.29 bits per heavy atom. The summed E-state index contributed by atoms with van der Waals surface area (Å²) in [6.45, 7) is 3.96. The lowest BCUT2D eigenvalue weighted by atomic mass is 9.95. The van der Waals surface area contributed by atoms with E-state index in [1.807, 2.05) is 36.1 Å². The summed E-state index contributed by atoms with van der Waals surface area (Å²) in [4.78, 5) is 14.5. The van der Waals surface area contributed by atoms with Crippen molar-refractivity contribution in [3.8, 4) is 0 Å². The predicted octanol–water partition coefficient (Wildman–Crippen LogP) is 2.34. The van der Waals surface area contributed by atoms with Crippen molar-refractivity contribution >= 4 is 5.91 Å². The average Bonchev–Trinajstić information content (AvgIpc) is 3.04. The summed E-state index contributed by atoms with van der Waals surface area (Å²) in [5.41, 5.74) is 2.55. The number of benzene rings is 1. The molecule has 0 saturated carbocycles. The number of nitrogens with one attached hydrogen (secondary N) is 1. The summed E-state index contributed by atoms with van der Waals surface area (Å²) >= 11 is 0. The minimum absolute atomic E-state index is 0.142. The Kier molecular flexibility index (Phi) is 4.06. The third kappa shape index (κ3) is 3.00. The topological polar surface area (TPSA) is 45.5 Å². The van der Waals surface area contributed by atoms with Crippen LogP contribution in [0.15, 0.2) is 47.1 Å². The van der Waals surface area contributed by atoms with Crippen LogP contribution in [-0.4, -0.2) is 23.4 Å². The second kappa shape index (κ2) is 6.14. The number of likely N-dealkylation sites (N-methyl/N-ethyl adjacent to an activating group) is 1. The quantitative estimate of drug-likeness (QED) is 0.937. The fourth-order valence-electron chi connectivity index (χ4n) is 2.79. The van der Waals surface area contributed by atoms with Gasteiger partial charge in [-0.3, -0.25) is 4.79 Å². The maximum Gasteiger partial charge on any atom is 0.240 e. The first-order valence-electron chi connectivity index (χ1n) is 7.39. The Morgan fingerprint density at radius 3 is 2.81 bits per heavy atom. The fraction of sp³-hybridized carbons (Fsp3) is 0.353. The monoisotopic (exact) mass is 284 g/mol. The summed E-state index contributed by atoms with van der Waals surface area (Å²) in [7, 11) is 0. The Balaban J connectivity index is 1.70. The van der Waals surface area contributed by atoms with Crippen LogP contribution >= 0.6 is 0 Å². The van der Waals surface area contributed by atoms with Gasteiger partial charge in [0.1, 0.15) is 5.76 Å². The van der Waals surface area contributed by atoms with Crippen LogP contribution in [-0.2, 0) is 24.3 Å². The molecule has 2 aromatic rings. The molecule has 3 rings (SSSR count). The van der Waals surface area contributed by atoms with Gasteiger partial charge in [0.05, 0.1) is 18.8 Å². The lowest BCUT2D eigenvalue weighted by molar-refractivity contribution is -0.134. The van der Waals surface area contributed by atoms with E-state index in [9.17, 15) is 4.79 Å². The lowest BCUT2D eigenvalue weighted by Crippen LogP contribution is -2.49. The first kappa shape index (κ1) is 13.9. The summed E-state index contributed by atoms with van der Waals surface area (Å²) < 4.78 is 5.35. The molecule has 1 aliphatic heterocycles. The molecule has 0 radical (unpaired) electrons. The molecule has 0 spiro atoms. The van der Waals surface area contributed by atoms with Crippen molar-refractivity contribution < 1.29 is 9.21 Å². The van der Waals surface area contributed by atoms with Gasteiger partial charge in [0.2, 0.25) is 5.91 Å². The second-order valence-corrected chi connectivity index (χ2v) is 5.34. The molecule has 110 valence electrons. The van der Waals surface area contributed by atoms with Crippen molar-refractivity contribution in [2.75, 3.05) is 6.54 Å². The summed E-state index contributed by atoms with van der Waals surface area (Å²) in [6.07, 6.45) is 2.40. The highest BCUT2D eigenvalue weighted by Gasteiger charge is 2.27. The smallest absolute Gasteiger partial charge is 0.240 e. The molecule has 21 heavy (non-hydrogen) atoms. The molecule has 4 nitrogen and oxygen atoms in total. The van der Waals surface area contributed by atoms with Gasteiger partial charge in [-0.2, -0.15) is 0 Å². The average molecular weight is 284 g/mol. The number of hydrogen-bond donors (Lipinski definition) is 1. The summed E-state index contributed by atoms with van der Waals surface area (Å²) in [6, 6.07) is 11.9. The minimum Gasteiger partial charge on any atom is -0.467 e. The van der Waals surface area contributed by atoms with Crippen molar-refractivity contribution in [1.82, 2.24) is 10.2 Å². The van der Waals surface area contributed by atoms with E-state index in [-0.39, 0.29) is 11.9 Å². The van der Waals surface area contributed by atoms with E-state index in [2.05, 4.69) is 17.4 Å². The van der Waals surface area contributed by atoms with E-state index < -0.39 is 0 Å². The van der Waals surface area contributed by atoms with Gasteiger partial charge in [0.25, 0.3) is 0 Å². The number of carbonyl (C=O) groups excluding carboxylic acids is 1. The van der Waals surface area contributed by atoms with Crippen LogP contribution in [0, 0.1) is 0 Å². The number of furan rings is 1. The highest BCUT2D eigenvalue weighted by molar-refractivity contribution is 5.82. The van der Waals surface area contributed by atoms with E-state index in [0.29, 0.717) is 13.1 Å². The van der Waals surface area contributed by atoms with Crippen LogP contribution < -0.4 is 5.32 Å². The molecular formula is C17H20N2O2. The van der Waals surface area contributed by atoms with Crippen LogP contribution in [0.5, 0.6) is 0 Å². The molecule has 1 aliphatic rings. The first-order chi connectivity index (χ1) is 10.3. The zero-order valence-corrected chi connectivity index (χ0v) is 12.2. The van der Waals surface area contributed by atoms with Gasteiger partial charge in [-0.1, -0.05) is 24.3 Å².